The van der Waals surface area contributed by atoms with Crippen molar-refractivity contribution in [2.24, 2.45) is 0 Å². The van der Waals surface area contributed by atoms with E-state index in [4.69, 9.17) is 4.74 Å². The van der Waals surface area contributed by atoms with Crippen molar-refractivity contribution in [1.82, 2.24) is 19.6 Å². The van der Waals surface area contributed by atoms with Gasteiger partial charge in [0.05, 0.1) is 36.3 Å². The lowest BCUT2D eigenvalue weighted by molar-refractivity contribution is -0.0136. The Morgan fingerprint density at radius 2 is 2.24 bits per heavy atom. The van der Waals surface area contributed by atoms with Crippen molar-refractivity contribution in [2.45, 2.75) is 25.5 Å². The summed E-state index contributed by atoms with van der Waals surface area (Å²) >= 11 is 0. The van der Waals surface area contributed by atoms with Crippen LogP contribution in [0.3, 0.4) is 0 Å². The van der Waals surface area contributed by atoms with Gasteiger partial charge in [0.15, 0.2) is 5.82 Å². The molecule has 4 rings (SSSR count). The zero-order valence-corrected chi connectivity index (χ0v) is 13.7. The van der Waals surface area contributed by atoms with Gasteiger partial charge < -0.3 is 15.2 Å². The van der Waals surface area contributed by atoms with Gasteiger partial charge >= 0.3 is 0 Å². The van der Waals surface area contributed by atoms with Crippen LogP contribution in [0.15, 0.2) is 30.6 Å². The van der Waals surface area contributed by atoms with Crippen LogP contribution in [0, 0.1) is 12.7 Å². The summed E-state index contributed by atoms with van der Waals surface area (Å²) in [6.07, 6.45) is 3.12. The minimum Gasteiger partial charge on any atom is -0.389 e. The van der Waals surface area contributed by atoms with Crippen LogP contribution in [0.25, 0.3) is 16.9 Å². The molecule has 25 heavy (non-hydrogen) atoms. The fourth-order valence-electron chi connectivity index (χ4n) is 2.93. The first-order valence-corrected chi connectivity index (χ1v) is 8.11. The summed E-state index contributed by atoms with van der Waals surface area (Å²) in [6, 6.07) is 4.95. The van der Waals surface area contributed by atoms with E-state index in [0.717, 1.165) is 5.56 Å². The van der Waals surface area contributed by atoms with Gasteiger partial charge in [-0.3, -0.25) is 4.98 Å². The number of pyridine rings is 1. The Hall–Kier alpha value is -2.58. The molecule has 7 nitrogen and oxygen atoms in total. The number of fused-ring (bicyclic) bond motifs is 1. The molecule has 0 bridgehead atoms. The lowest BCUT2D eigenvalue weighted by Crippen LogP contribution is -2.42. The first kappa shape index (κ1) is 15.9. The fraction of sp³-hybridized carbons (Fsp3) is 0.353. The predicted octanol–water partition coefficient (Wildman–Crippen LogP) is 1.80. The minimum atomic E-state index is -0.632. The third-order valence-corrected chi connectivity index (χ3v) is 4.29. The monoisotopic (exact) mass is 343 g/mol. The highest BCUT2D eigenvalue weighted by atomic mass is 19.1. The van der Waals surface area contributed by atoms with E-state index in [1.807, 2.05) is 19.1 Å². The van der Waals surface area contributed by atoms with Gasteiger partial charge in [0.2, 0.25) is 5.95 Å². The second kappa shape index (κ2) is 6.38. The summed E-state index contributed by atoms with van der Waals surface area (Å²) in [7, 11) is 0. The van der Waals surface area contributed by atoms with Crippen LogP contribution in [0.4, 0.5) is 10.3 Å². The highest BCUT2D eigenvalue weighted by molar-refractivity contribution is 5.64. The van der Waals surface area contributed by atoms with Gasteiger partial charge in [-0.25, -0.2) is 13.9 Å². The Labute approximate surface area is 143 Å². The molecule has 8 heteroatoms. The molecular weight excluding hydrogens is 325 g/mol. The average molecular weight is 343 g/mol. The van der Waals surface area contributed by atoms with Crippen LogP contribution in [-0.4, -0.2) is 50.0 Å². The molecule has 1 saturated heterocycles. The minimum absolute atomic E-state index is 0.202. The van der Waals surface area contributed by atoms with Gasteiger partial charge in [-0.1, -0.05) is 0 Å². The van der Waals surface area contributed by atoms with Gasteiger partial charge in [-0.2, -0.15) is 0 Å². The molecule has 3 aromatic rings. The molecule has 3 aromatic heterocycles. The number of aliphatic hydroxyl groups is 1. The number of nitrogens with one attached hydrogen (secondary N) is 1. The van der Waals surface area contributed by atoms with Crippen LogP contribution >= 0.6 is 0 Å². The van der Waals surface area contributed by atoms with Crippen LogP contribution in [0.5, 0.6) is 0 Å². The summed E-state index contributed by atoms with van der Waals surface area (Å²) < 4.78 is 20.9. The molecule has 0 radical (unpaired) electrons. The van der Waals surface area contributed by atoms with Gasteiger partial charge in [0.1, 0.15) is 5.52 Å². The van der Waals surface area contributed by atoms with E-state index in [1.54, 1.807) is 6.20 Å². The van der Waals surface area contributed by atoms with Gasteiger partial charge in [-0.05, 0) is 31.0 Å². The molecule has 1 aliphatic rings. The van der Waals surface area contributed by atoms with E-state index < -0.39 is 11.9 Å². The van der Waals surface area contributed by atoms with Crippen molar-refractivity contribution < 1.29 is 14.2 Å². The largest absolute Gasteiger partial charge is 0.389 e. The number of anilines is 1. The summed E-state index contributed by atoms with van der Waals surface area (Å²) in [6.45, 7) is 2.79. The van der Waals surface area contributed by atoms with E-state index in [2.05, 4.69) is 20.4 Å². The third kappa shape index (κ3) is 3.06. The Morgan fingerprint density at radius 3 is 3.04 bits per heavy atom. The molecule has 4 heterocycles. The summed E-state index contributed by atoms with van der Waals surface area (Å²) in [5.74, 6) is -0.0843. The summed E-state index contributed by atoms with van der Waals surface area (Å²) in [4.78, 5) is 8.47. The second-order valence-electron chi connectivity index (χ2n) is 6.16. The molecule has 1 aliphatic heterocycles. The molecular formula is C17H18FN5O2. The maximum absolute atomic E-state index is 14.2. The molecule has 0 spiro atoms. The lowest BCUT2D eigenvalue weighted by atomic mass is 10.1. The Morgan fingerprint density at radius 1 is 1.36 bits per heavy atom. The van der Waals surface area contributed by atoms with Crippen molar-refractivity contribution in [1.29, 1.82) is 0 Å². The quantitative estimate of drug-likeness (QED) is 0.754. The third-order valence-electron chi connectivity index (χ3n) is 4.29. The van der Waals surface area contributed by atoms with Crippen molar-refractivity contribution in [3.63, 3.8) is 0 Å². The maximum Gasteiger partial charge on any atom is 0.241 e. The molecule has 0 aliphatic carbocycles. The number of ether oxygens (including phenoxy) is 1. The van der Waals surface area contributed by atoms with E-state index >= 15 is 0 Å². The van der Waals surface area contributed by atoms with E-state index in [0.29, 0.717) is 30.4 Å². The number of hydrogen-bond donors (Lipinski definition) is 2. The average Bonchev–Trinajstić information content (AvgIpc) is 2.93. The van der Waals surface area contributed by atoms with Crippen LogP contribution in [-0.2, 0) is 4.74 Å². The van der Waals surface area contributed by atoms with Gasteiger partial charge in [0.25, 0.3) is 0 Å². The second-order valence-corrected chi connectivity index (χ2v) is 6.16. The number of rotatable bonds is 3. The number of hydrogen-bond acceptors (Lipinski definition) is 6. The van der Waals surface area contributed by atoms with Crippen LogP contribution < -0.4 is 5.32 Å². The fourth-order valence-corrected chi connectivity index (χ4v) is 2.93. The van der Waals surface area contributed by atoms with Crippen molar-refractivity contribution in [2.75, 3.05) is 18.5 Å². The standard InChI is InChI=1S/C17H18FN5O2/c1-10-2-4-19-13(6-10)14-7-11(18)15-8-20-17(22-23(14)15)21-12-3-5-25-9-16(12)24/h2,4,6-8,12,16,24H,3,5,9H2,1H3,(H,21,22)/t12-,16-/m1/s1. The Bertz CT molecular complexity index is 913. The summed E-state index contributed by atoms with van der Waals surface area (Å²) in [5.41, 5.74) is 2.48. The topological polar surface area (TPSA) is 84.6 Å². The van der Waals surface area contributed by atoms with Crippen molar-refractivity contribution in [3.05, 3.63) is 42.0 Å². The zero-order valence-electron chi connectivity index (χ0n) is 13.7. The molecule has 1 fully saturated rings. The van der Waals surface area contributed by atoms with E-state index in [-0.39, 0.29) is 18.2 Å². The normalized spacial score (nSPS) is 20.8. The highest BCUT2D eigenvalue weighted by Crippen LogP contribution is 2.24. The Balaban J connectivity index is 1.73. The Kier molecular flexibility index (Phi) is 4.06. The lowest BCUT2D eigenvalue weighted by Gasteiger charge is -2.28. The maximum atomic E-state index is 14.2. The van der Waals surface area contributed by atoms with E-state index in [1.165, 1.54) is 16.8 Å². The number of nitrogens with zero attached hydrogens (tertiary/aromatic N) is 4. The molecule has 0 aromatic carbocycles. The smallest absolute Gasteiger partial charge is 0.241 e. The van der Waals surface area contributed by atoms with Gasteiger partial charge in [0, 0.05) is 18.9 Å². The van der Waals surface area contributed by atoms with Crippen LogP contribution in [0.1, 0.15) is 12.0 Å². The van der Waals surface area contributed by atoms with Crippen LogP contribution in [0.2, 0.25) is 0 Å². The molecule has 2 atom stereocenters. The zero-order chi connectivity index (χ0) is 17.4. The number of halogens is 1. The number of aliphatic hydroxyl groups excluding tert-OH is 1. The molecule has 2 N–H and O–H groups in total. The first-order valence-electron chi connectivity index (χ1n) is 8.11. The van der Waals surface area contributed by atoms with Crippen molar-refractivity contribution in [3.8, 4) is 11.4 Å². The molecule has 0 saturated carbocycles. The SMILES string of the molecule is Cc1ccnc(-c2cc(F)c3cnc(N[C@@H]4CCOC[C@H]4O)nn23)c1. The van der Waals surface area contributed by atoms with Gasteiger partial charge in [-0.15, -0.1) is 5.10 Å². The van der Waals surface area contributed by atoms with E-state index in [9.17, 15) is 9.50 Å². The highest BCUT2D eigenvalue weighted by Gasteiger charge is 2.24. The predicted molar refractivity (Wildman–Crippen MR) is 89.8 cm³/mol. The number of aromatic nitrogens is 4. The molecule has 0 unspecified atom stereocenters. The van der Waals surface area contributed by atoms with Crippen molar-refractivity contribution >= 4 is 11.5 Å². The summed E-state index contributed by atoms with van der Waals surface area (Å²) in [5, 5.41) is 17.5. The number of aryl methyl sites for hydroxylation is 1. The first-order chi connectivity index (χ1) is 12.1. The molecule has 0 amide bonds. The molecule has 130 valence electrons.